The van der Waals surface area contributed by atoms with Crippen LogP contribution in [0.1, 0.15) is 37.1 Å². The van der Waals surface area contributed by atoms with Crippen molar-refractivity contribution in [1.82, 2.24) is 14.7 Å². The Labute approximate surface area is 186 Å². The number of likely N-dealkylation sites (tertiary alicyclic amines) is 1. The summed E-state index contributed by atoms with van der Waals surface area (Å²) in [6.07, 6.45) is 2.83. The number of carbonyl (C=O) groups is 1. The molecule has 1 saturated heterocycles. The average Bonchev–Trinajstić information content (AvgIpc) is 3.33. The van der Waals surface area contributed by atoms with E-state index in [-0.39, 0.29) is 30.9 Å². The molecule has 9 heteroatoms. The second kappa shape index (κ2) is 9.67. The van der Waals surface area contributed by atoms with Gasteiger partial charge in [-0.15, -0.1) is 0 Å². The molecule has 0 bridgehead atoms. The van der Waals surface area contributed by atoms with Crippen molar-refractivity contribution in [3.63, 3.8) is 0 Å². The SMILES string of the molecule is Cc1cc(C)n(CC(=O)N2CCC(CC3=NOC(COc4c(F)cccc4F)C3)CC2)n1. The molecule has 2 aliphatic heterocycles. The molecule has 1 fully saturated rings. The summed E-state index contributed by atoms with van der Waals surface area (Å²) in [6.45, 7) is 5.62. The first-order valence-electron chi connectivity index (χ1n) is 11.0. The van der Waals surface area contributed by atoms with Crippen LogP contribution in [0.4, 0.5) is 8.78 Å². The molecule has 1 atom stereocenters. The molecule has 2 aliphatic rings. The van der Waals surface area contributed by atoms with Crippen LogP contribution in [0.3, 0.4) is 0 Å². The predicted octanol–water partition coefficient (Wildman–Crippen LogP) is 3.63. The van der Waals surface area contributed by atoms with Gasteiger partial charge in [-0.3, -0.25) is 9.48 Å². The van der Waals surface area contributed by atoms with Gasteiger partial charge in [0.05, 0.1) is 11.4 Å². The molecule has 0 spiro atoms. The van der Waals surface area contributed by atoms with Crippen molar-refractivity contribution >= 4 is 11.6 Å². The number of hydrogen-bond donors (Lipinski definition) is 0. The van der Waals surface area contributed by atoms with Gasteiger partial charge in [0, 0.05) is 25.2 Å². The fraction of sp³-hybridized carbons (Fsp3) is 0.522. The number of ether oxygens (including phenoxy) is 1. The maximum absolute atomic E-state index is 13.7. The fourth-order valence-corrected chi connectivity index (χ4v) is 4.28. The van der Waals surface area contributed by atoms with Crippen molar-refractivity contribution in [3.05, 3.63) is 47.3 Å². The summed E-state index contributed by atoms with van der Waals surface area (Å²) in [7, 11) is 0. The summed E-state index contributed by atoms with van der Waals surface area (Å²) < 4.78 is 34.4. The van der Waals surface area contributed by atoms with Crippen LogP contribution in [0.2, 0.25) is 0 Å². The summed E-state index contributed by atoms with van der Waals surface area (Å²) in [5.74, 6) is -1.33. The van der Waals surface area contributed by atoms with E-state index in [1.54, 1.807) is 4.68 Å². The molecule has 1 unspecified atom stereocenters. The Hall–Kier alpha value is -2.97. The maximum Gasteiger partial charge on any atom is 0.244 e. The lowest BCUT2D eigenvalue weighted by atomic mass is 9.90. The summed E-state index contributed by atoms with van der Waals surface area (Å²) in [5, 5.41) is 8.51. The van der Waals surface area contributed by atoms with Gasteiger partial charge in [0.1, 0.15) is 13.2 Å². The van der Waals surface area contributed by atoms with E-state index in [2.05, 4.69) is 10.3 Å². The molecule has 7 nitrogen and oxygen atoms in total. The van der Waals surface area contributed by atoms with Crippen molar-refractivity contribution in [2.75, 3.05) is 19.7 Å². The number of hydrogen-bond acceptors (Lipinski definition) is 5. The minimum atomic E-state index is -0.733. The molecular formula is C23H28F2N4O3. The van der Waals surface area contributed by atoms with Gasteiger partial charge >= 0.3 is 0 Å². The Kier molecular flexibility index (Phi) is 6.72. The zero-order valence-corrected chi connectivity index (χ0v) is 18.4. The number of nitrogens with zero attached hydrogens (tertiary/aromatic N) is 4. The van der Waals surface area contributed by atoms with E-state index < -0.39 is 11.6 Å². The molecule has 3 heterocycles. The lowest BCUT2D eigenvalue weighted by Gasteiger charge is -2.32. The number of para-hydroxylation sites is 1. The molecule has 1 aromatic heterocycles. The fourth-order valence-electron chi connectivity index (χ4n) is 4.28. The Morgan fingerprint density at radius 1 is 1.22 bits per heavy atom. The van der Waals surface area contributed by atoms with Gasteiger partial charge in [-0.25, -0.2) is 8.78 Å². The van der Waals surface area contributed by atoms with Crippen LogP contribution < -0.4 is 4.74 Å². The molecule has 1 aromatic carbocycles. The third-order valence-corrected chi connectivity index (χ3v) is 6.01. The molecule has 1 amide bonds. The minimum Gasteiger partial charge on any atom is -0.484 e. The van der Waals surface area contributed by atoms with Crippen LogP contribution in [0, 0.1) is 31.4 Å². The molecule has 0 N–H and O–H groups in total. The van der Waals surface area contributed by atoms with E-state index in [4.69, 9.17) is 9.57 Å². The van der Waals surface area contributed by atoms with Crippen LogP contribution >= 0.6 is 0 Å². The smallest absolute Gasteiger partial charge is 0.244 e. The molecule has 172 valence electrons. The van der Waals surface area contributed by atoms with Crippen LogP contribution in [-0.2, 0) is 16.2 Å². The number of aromatic nitrogens is 2. The predicted molar refractivity (Wildman–Crippen MR) is 114 cm³/mol. The highest BCUT2D eigenvalue weighted by molar-refractivity contribution is 5.85. The zero-order valence-electron chi connectivity index (χ0n) is 18.4. The first-order chi connectivity index (χ1) is 15.4. The second-order valence-corrected chi connectivity index (χ2v) is 8.56. The summed E-state index contributed by atoms with van der Waals surface area (Å²) in [6, 6.07) is 5.58. The van der Waals surface area contributed by atoms with Crippen LogP contribution in [-0.4, -0.2) is 52.1 Å². The zero-order chi connectivity index (χ0) is 22.7. The highest BCUT2D eigenvalue weighted by Crippen LogP contribution is 2.26. The van der Waals surface area contributed by atoms with Gasteiger partial charge in [0.2, 0.25) is 5.91 Å². The molecule has 4 rings (SSSR count). The lowest BCUT2D eigenvalue weighted by Crippen LogP contribution is -2.40. The minimum absolute atomic E-state index is 0.0319. The monoisotopic (exact) mass is 446 g/mol. The first kappa shape index (κ1) is 22.2. The van der Waals surface area contributed by atoms with Gasteiger partial charge in [0.15, 0.2) is 23.5 Å². The highest BCUT2D eigenvalue weighted by atomic mass is 19.1. The van der Waals surface area contributed by atoms with Crippen molar-refractivity contribution in [1.29, 1.82) is 0 Å². The molecule has 2 aromatic rings. The van der Waals surface area contributed by atoms with Crippen LogP contribution in [0.25, 0.3) is 0 Å². The molecule has 0 aliphatic carbocycles. The van der Waals surface area contributed by atoms with Gasteiger partial charge in [0.25, 0.3) is 0 Å². The third kappa shape index (κ3) is 5.26. The van der Waals surface area contributed by atoms with Crippen molar-refractivity contribution in [2.45, 2.75) is 52.2 Å². The maximum atomic E-state index is 13.7. The summed E-state index contributed by atoms with van der Waals surface area (Å²) >= 11 is 0. The average molecular weight is 446 g/mol. The lowest BCUT2D eigenvalue weighted by molar-refractivity contribution is -0.133. The molecule has 0 saturated carbocycles. The Bertz CT molecular complexity index is 979. The second-order valence-electron chi connectivity index (χ2n) is 8.56. The van der Waals surface area contributed by atoms with E-state index in [1.807, 2.05) is 24.8 Å². The first-order valence-corrected chi connectivity index (χ1v) is 11.0. The Morgan fingerprint density at radius 3 is 2.59 bits per heavy atom. The van der Waals surface area contributed by atoms with Gasteiger partial charge in [-0.1, -0.05) is 11.2 Å². The van der Waals surface area contributed by atoms with Crippen molar-refractivity contribution in [3.8, 4) is 5.75 Å². The number of carbonyl (C=O) groups excluding carboxylic acids is 1. The summed E-state index contributed by atoms with van der Waals surface area (Å²) in [5.41, 5.74) is 2.83. The normalized spacial score (nSPS) is 19.1. The van der Waals surface area contributed by atoms with Crippen molar-refractivity contribution in [2.24, 2.45) is 11.1 Å². The molecule has 0 radical (unpaired) electrons. The van der Waals surface area contributed by atoms with Gasteiger partial charge < -0.3 is 14.5 Å². The van der Waals surface area contributed by atoms with Crippen molar-refractivity contribution < 1.29 is 23.1 Å². The van der Waals surface area contributed by atoms with Crippen LogP contribution in [0.15, 0.2) is 29.4 Å². The highest BCUT2D eigenvalue weighted by Gasteiger charge is 2.28. The number of benzene rings is 1. The van der Waals surface area contributed by atoms with Crippen LogP contribution in [0.5, 0.6) is 5.75 Å². The van der Waals surface area contributed by atoms with E-state index in [0.29, 0.717) is 12.3 Å². The topological polar surface area (TPSA) is 69.0 Å². The summed E-state index contributed by atoms with van der Waals surface area (Å²) in [4.78, 5) is 19.9. The van der Waals surface area contributed by atoms with E-state index in [0.717, 1.165) is 61.6 Å². The quantitative estimate of drug-likeness (QED) is 0.651. The number of oxime groups is 1. The van der Waals surface area contributed by atoms with Gasteiger partial charge in [-0.05, 0) is 57.2 Å². The Morgan fingerprint density at radius 2 is 1.94 bits per heavy atom. The van der Waals surface area contributed by atoms with E-state index in [9.17, 15) is 13.6 Å². The molecular weight excluding hydrogens is 418 g/mol. The van der Waals surface area contributed by atoms with E-state index >= 15 is 0 Å². The number of aryl methyl sites for hydroxylation is 2. The Balaban J connectivity index is 1.19. The third-order valence-electron chi connectivity index (χ3n) is 6.01. The van der Waals surface area contributed by atoms with E-state index in [1.165, 1.54) is 6.07 Å². The molecule has 32 heavy (non-hydrogen) atoms. The van der Waals surface area contributed by atoms with Gasteiger partial charge in [-0.2, -0.15) is 5.10 Å². The number of piperidine rings is 1. The standard InChI is InChI=1S/C23H28F2N4O3/c1-15-10-16(2)29(26-15)13-22(30)28-8-6-17(7-9-28)11-18-12-19(32-27-18)14-31-23-20(24)4-3-5-21(23)25/h3-5,10,17,19H,6-9,11-14H2,1-2H3. The number of rotatable bonds is 7. The number of amides is 1. The largest absolute Gasteiger partial charge is 0.484 e. The number of halogens is 2.